The van der Waals surface area contributed by atoms with Crippen molar-refractivity contribution < 1.29 is 14.3 Å². The van der Waals surface area contributed by atoms with E-state index in [1.165, 1.54) is 0 Å². The summed E-state index contributed by atoms with van der Waals surface area (Å²) in [5, 5.41) is 3.16. The average molecular weight is 294 g/mol. The van der Waals surface area contributed by atoms with Gasteiger partial charge in [-0.2, -0.15) is 0 Å². The fourth-order valence-corrected chi connectivity index (χ4v) is 2.85. The molecular formula is C15H10N4O3. The van der Waals surface area contributed by atoms with Crippen LogP contribution in [0.25, 0.3) is 10.4 Å². The largest absolute Gasteiger partial charge is 0.489 e. The van der Waals surface area contributed by atoms with Crippen LogP contribution in [0.15, 0.2) is 47.8 Å². The van der Waals surface area contributed by atoms with Gasteiger partial charge in [0.25, 0.3) is 0 Å². The zero-order chi connectivity index (χ0) is 15.1. The first-order valence-electron chi connectivity index (χ1n) is 6.75. The van der Waals surface area contributed by atoms with Crippen LogP contribution in [0, 0.1) is 5.92 Å². The van der Waals surface area contributed by atoms with Gasteiger partial charge in [0.15, 0.2) is 0 Å². The lowest BCUT2D eigenvalue weighted by Crippen LogP contribution is -2.06. The summed E-state index contributed by atoms with van der Waals surface area (Å²) in [5.41, 5.74) is 9.27. The van der Waals surface area contributed by atoms with Crippen molar-refractivity contribution in [2.75, 3.05) is 0 Å². The second-order valence-corrected chi connectivity index (χ2v) is 5.15. The molecule has 1 aliphatic heterocycles. The molecule has 2 aromatic rings. The van der Waals surface area contributed by atoms with Gasteiger partial charge in [-0.15, -0.1) is 0 Å². The molecule has 7 heteroatoms. The van der Waals surface area contributed by atoms with Gasteiger partial charge >= 0.3 is 0 Å². The summed E-state index contributed by atoms with van der Waals surface area (Å²) in [6, 6.07) is 9.03. The average Bonchev–Trinajstić information content (AvgIpc) is 3.13. The number of benzene rings is 1. The molecule has 0 radical (unpaired) electrons. The van der Waals surface area contributed by atoms with Crippen molar-refractivity contribution in [3.63, 3.8) is 0 Å². The van der Waals surface area contributed by atoms with E-state index >= 15 is 0 Å². The highest BCUT2D eigenvalue weighted by molar-refractivity contribution is 5.86. The molecule has 0 N–H and O–H groups in total. The van der Waals surface area contributed by atoms with E-state index in [0.29, 0.717) is 11.5 Å². The molecule has 2 heterocycles. The highest BCUT2D eigenvalue weighted by Crippen LogP contribution is 2.59. The van der Waals surface area contributed by atoms with Gasteiger partial charge in [-0.3, -0.25) is 9.78 Å². The van der Waals surface area contributed by atoms with Gasteiger partial charge in [0.1, 0.15) is 23.4 Å². The molecule has 4 rings (SSSR count). The molecule has 0 bridgehead atoms. The number of hydrogen-bond acceptors (Lipinski definition) is 4. The van der Waals surface area contributed by atoms with Gasteiger partial charge < -0.3 is 9.47 Å². The van der Waals surface area contributed by atoms with Gasteiger partial charge in [-0.1, -0.05) is 0 Å². The van der Waals surface area contributed by atoms with Crippen LogP contribution in [0.4, 0.5) is 0 Å². The van der Waals surface area contributed by atoms with Crippen molar-refractivity contribution in [3.8, 4) is 17.2 Å². The number of nitrogens with zero attached hydrogens (tertiary/aromatic N) is 4. The lowest BCUT2D eigenvalue weighted by atomic mass is 10.1. The van der Waals surface area contributed by atoms with Crippen molar-refractivity contribution in [2.45, 2.75) is 12.0 Å². The van der Waals surface area contributed by atoms with Crippen LogP contribution in [0.1, 0.15) is 11.5 Å². The number of amides is 1. The summed E-state index contributed by atoms with van der Waals surface area (Å²) in [6.45, 7) is 0. The molecule has 1 aromatic carbocycles. The molecule has 1 amide bonds. The number of aromatic nitrogens is 1. The lowest BCUT2D eigenvalue weighted by Gasteiger charge is -2.09. The number of carbonyl (C=O) groups excluding carboxylic acids is 1. The molecule has 7 nitrogen and oxygen atoms in total. The molecule has 0 spiro atoms. The number of rotatable bonds is 3. The van der Waals surface area contributed by atoms with E-state index in [2.05, 4.69) is 15.0 Å². The zero-order valence-corrected chi connectivity index (χ0v) is 11.3. The fourth-order valence-electron chi connectivity index (χ4n) is 2.85. The van der Waals surface area contributed by atoms with Crippen molar-refractivity contribution in [1.29, 1.82) is 0 Å². The van der Waals surface area contributed by atoms with Gasteiger partial charge in [0, 0.05) is 28.8 Å². The van der Waals surface area contributed by atoms with Gasteiger partial charge in [0.2, 0.25) is 5.91 Å². The first-order valence-corrected chi connectivity index (χ1v) is 6.75. The van der Waals surface area contributed by atoms with Crippen molar-refractivity contribution >= 4 is 5.91 Å². The first kappa shape index (κ1) is 12.7. The van der Waals surface area contributed by atoms with E-state index < -0.39 is 5.91 Å². The monoisotopic (exact) mass is 294 g/mol. The molecule has 2 aliphatic rings. The summed E-state index contributed by atoms with van der Waals surface area (Å²) < 4.78 is 11.4. The minimum atomic E-state index is -0.469. The van der Waals surface area contributed by atoms with E-state index in [1.54, 1.807) is 24.5 Å². The second kappa shape index (κ2) is 4.75. The third kappa shape index (κ3) is 1.96. The van der Waals surface area contributed by atoms with Crippen LogP contribution in [-0.2, 0) is 4.79 Å². The van der Waals surface area contributed by atoms with Crippen LogP contribution in [0.3, 0.4) is 0 Å². The minimum absolute atomic E-state index is 0.0472. The van der Waals surface area contributed by atoms with Crippen molar-refractivity contribution in [3.05, 3.63) is 58.7 Å². The number of fused-ring (bicyclic) bond motifs is 3. The topological polar surface area (TPSA) is 97.2 Å². The Morgan fingerprint density at radius 1 is 1.27 bits per heavy atom. The molecule has 0 unspecified atom stereocenters. The lowest BCUT2D eigenvalue weighted by molar-refractivity contribution is -0.119. The number of azide groups is 1. The molecule has 1 saturated carbocycles. The predicted octanol–water partition coefficient (Wildman–Crippen LogP) is 3.19. The Bertz CT molecular complexity index is 802. The van der Waals surface area contributed by atoms with Crippen LogP contribution < -0.4 is 9.47 Å². The molecule has 1 aromatic heterocycles. The Morgan fingerprint density at radius 3 is 2.86 bits per heavy atom. The predicted molar refractivity (Wildman–Crippen MR) is 75.6 cm³/mol. The van der Waals surface area contributed by atoms with E-state index in [1.807, 2.05) is 18.2 Å². The second-order valence-electron chi connectivity index (χ2n) is 5.15. The maximum absolute atomic E-state index is 11.7. The normalized spacial score (nSPS) is 23.5. The molecule has 0 saturated heterocycles. The van der Waals surface area contributed by atoms with Crippen LogP contribution >= 0.6 is 0 Å². The Kier molecular flexibility index (Phi) is 2.74. The van der Waals surface area contributed by atoms with Gasteiger partial charge in [-0.25, -0.2) is 0 Å². The van der Waals surface area contributed by atoms with Crippen molar-refractivity contribution in [1.82, 2.24) is 4.98 Å². The third-order valence-corrected chi connectivity index (χ3v) is 3.87. The van der Waals surface area contributed by atoms with Crippen molar-refractivity contribution in [2.24, 2.45) is 11.0 Å². The Labute approximate surface area is 125 Å². The number of pyridine rings is 1. The number of hydrogen-bond donors (Lipinski definition) is 0. The molecular weight excluding hydrogens is 284 g/mol. The number of ether oxygens (including phenoxy) is 2. The van der Waals surface area contributed by atoms with Crippen LogP contribution in [-0.4, -0.2) is 17.0 Å². The highest BCUT2D eigenvalue weighted by Gasteiger charge is 2.62. The summed E-state index contributed by atoms with van der Waals surface area (Å²) >= 11 is 0. The van der Waals surface area contributed by atoms with Crippen LogP contribution in [0.2, 0.25) is 0 Å². The highest BCUT2D eigenvalue weighted by atomic mass is 16.5. The molecule has 22 heavy (non-hydrogen) atoms. The standard InChI is InChI=1S/C15H10N4O3/c16-19-18-15(20)13-12-10-7-9(1-2-11(10)22-14(12)13)21-8-3-5-17-6-4-8/h1-7,12-14H/t12-,13-,14-/m0/s1. The quantitative estimate of drug-likeness (QED) is 0.493. The molecule has 1 aliphatic carbocycles. The van der Waals surface area contributed by atoms with E-state index in [4.69, 9.17) is 15.0 Å². The number of carbonyl (C=O) groups is 1. The fraction of sp³-hybridized carbons (Fsp3) is 0.200. The summed E-state index contributed by atoms with van der Waals surface area (Å²) in [7, 11) is 0. The summed E-state index contributed by atoms with van der Waals surface area (Å²) in [4.78, 5) is 18.1. The zero-order valence-electron chi connectivity index (χ0n) is 11.3. The molecule has 3 atom stereocenters. The van der Waals surface area contributed by atoms with Gasteiger partial charge in [0.05, 0.1) is 5.92 Å². The molecule has 108 valence electrons. The third-order valence-electron chi connectivity index (χ3n) is 3.87. The summed E-state index contributed by atoms with van der Waals surface area (Å²) in [5.74, 6) is 1.21. The van der Waals surface area contributed by atoms with E-state index in [-0.39, 0.29) is 17.9 Å². The smallest absolute Gasteiger partial charge is 0.226 e. The Morgan fingerprint density at radius 2 is 2.09 bits per heavy atom. The Balaban J connectivity index is 1.58. The molecule has 1 fully saturated rings. The Hall–Kier alpha value is -3.05. The first-order chi connectivity index (χ1) is 10.8. The maximum Gasteiger partial charge on any atom is 0.226 e. The van der Waals surface area contributed by atoms with Gasteiger partial charge in [-0.05, 0) is 41.0 Å². The van der Waals surface area contributed by atoms with E-state index in [0.717, 1.165) is 11.3 Å². The maximum atomic E-state index is 11.7. The summed E-state index contributed by atoms with van der Waals surface area (Å²) in [6.07, 6.45) is 3.08. The van der Waals surface area contributed by atoms with E-state index in [9.17, 15) is 4.79 Å². The van der Waals surface area contributed by atoms with Crippen LogP contribution in [0.5, 0.6) is 17.2 Å². The minimum Gasteiger partial charge on any atom is -0.489 e. The SMILES string of the molecule is [N-]=[N+]=NC(=O)[C@@H]1[C@H]2Oc3ccc(Oc4ccncc4)cc3[C@H]21.